The fourth-order valence-electron chi connectivity index (χ4n) is 4.45. The number of likely N-dealkylation sites (tertiary alicyclic amines) is 1. The molecule has 0 aliphatic carbocycles. The lowest BCUT2D eigenvalue weighted by atomic mass is 9.83. The molecule has 1 atom stereocenters. The molecular formula is C25H35N3O5S. The molecule has 0 saturated carbocycles. The lowest BCUT2D eigenvalue weighted by Crippen LogP contribution is -2.36. The zero-order valence-electron chi connectivity index (χ0n) is 20.8. The van der Waals surface area contributed by atoms with E-state index in [1.807, 2.05) is 12.1 Å². The standard InChI is InChI=1S/C25H35N3O5S/c1-17(29)27-11-9-18(14-27)15-28(34(6,31)32)16-19-12-23(33-5)22(25(2,3)4)13-21(19)20-8-7-10-26-24(20)30/h7-8,10,12-13,18H,9,11,14-16H2,1-6H3,(H,26,30). The van der Waals surface area contributed by atoms with Crippen LogP contribution in [0.1, 0.15) is 45.2 Å². The van der Waals surface area contributed by atoms with Crippen LogP contribution in [0.25, 0.3) is 11.1 Å². The van der Waals surface area contributed by atoms with Gasteiger partial charge in [-0.2, -0.15) is 4.31 Å². The van der Waals surface area contributed by atoms with Crippen molar-refractivity contribution in [3.8, 4) is 16.9 Å². The molecule has 186 valence electrons. The van der Waals surface area contributed by atoms with Crippen molar-refractivity contribution in [2.75, 3.05) is 33.0 Å². The molecule has 1 aromatic carbocycles. The molecule has 1 aliphatic heterocycles. The number of nitrogens with zero attached hydrogens (tertiary/aromatic N) is 2. The number of ether oxygens (including phenoxy) is 1. The van der Waals surface area contributed by atoms with Gasteiger partial charge in [-0.05, 0) is 53.1 Å². The van der Waals surface area contributed by atoms with E-state index in [1.54, 1.807) is 30.3 Å². The molecule has 9 heteroatoms. The van der Waals surface area contributed by atoms with E-state index in [2.05, 4.69) is 25.8 Å². The monoisotopic (exact) mass is 489 g/mol. The third-order valence-corrected chi connectivity index (χ3v) is 7.57. The number of aromatic nitrogens is 1. The van der Waals surface area contributed by atoms with Crippen molar-refractivity contribution >= 4 is 15.9 Å². The Morgan fingerprint density at radius 3 is 2.50 bits per heavy atom. The number of rotatable bonds is 7. The van der Waals surface area contributed by atoms with Crippen LogP contribution in [0.3, 0.4) is 0 Å². The number of methoxy groups -OCH3 is 1. The van der Waals surface area contributed by atoms with E-state index >= 15 is 0 Å². The highest BCUT2D eigenvalue weighted by atomic mass is 32.2. The summed E-state index contributed by atoms with van der Waals surface area (Å²) in [6.07, 6.45) is 3.52. The van der Waals surface area contributed by atoms with Gasteiger partial charge in [0.1, 0.15) is 5.75 Å². The zero-order chi connectivity index (χ0) is 25.3. The number of nitrogens with one attached hydrogen (secondary N) is 1. The van der Waals surface area contributed by atoms with E-state index in [0.717, 1.165) is 12.0 Å². The van der Waals surface area contributed by atoms with Gasteiger partial charge in [0.25, 0.3) is 5.56 Å². The van der Waals surface area contributed by atoms with Gasteiger partial charge in [0.05, 0.1) is 13.4 Å². The van der Waals surface area contributed by atoms with Crippen LogP contribution < -0.4 is 10.3 Å². The van der Waals surface area contributed by atoms with Crippen molar-refractivity contribution in [1.82, 2.24) is 14.2 Å². The molecule has 1 unspecified atom stereocenters. The molecule has 1 amide bonds. The summed E-state index contributed by atoms with van der Waals surface area (Å²) in [5.74, 6) is 0.704. The van der Waals surface area contributed by atoms with Gasteiger partial charge in [-0.15, -0.1) is 0 Å². The van der Waals surface area contributed by atoms with Crippen LogP contribution in [0.5, 0.6) is 5.75 Å². The Morgan fingerprint density at radius 1 is 1.26 bits per heavy atom. The number of aromatic amines is 1. The van der Waals surface area contributed by atoms with Crippen molar-refractivity contribution < 1.29 is 17.9 Å². The quantitative estimate of drug-likeness (QED) is 0.645. The maximum absolute atomic E-state index is 12.8. The fraction of sp³-hybridized carbons (Fsp3) is 0.520. The van der Waals surface area contributed by atoms with Gasteiger partial charge in [0, 0.05) is 50.4 Å². The molecule has 2 aromatic rings. The molecular weight excluding hydrogens is 454 g/mol. The molecule has 1 aromatic heterocycles. The summed E-state index contributed by atoms with van der Waals surface area (Å²) in [4.78, 5) is 28.9. The maximum Gasteiger partial charge on any atom is 0.255 e. The lowest BCUT2D eigenvalue weighted by Gasteiger charge is -2.27. The van der Waals surface area contributed by atoms with Crippen LogP contribution in [0, 0.1) is 5.92 Å². The number of pyridine rings is 1. The van der Waals surface area contributed by atoms with Gasteiger partial charge in [0.15, 0.2) is 0 Å². The Bertz CT molecular complexity index is 1210. The molecule has 1 N–H and O–H groups in total. The van der Waals surface area contributed by atoms with Crippen LogP contribution in [-0.2, 0) is 26.8 Å². The van der Waals surface area contributed by atoms with Gasteiger partial charge in [-0.3, -0.25) is 9.59 Å². The van der Waals surface area contributed by atoms with Crippen LogP contribution in [0.2, 0.25) is 0 Å². The number of hydrogen-bond acceptors (Lipinski definition) is 5. The first-order valence-electron chi connectivity index (χ1n) is 11.4. The maximum atomic E-state index is 12.8. The minimum Gasteiger partial charge on any atom is -0.496 e. The number of amides is 1. The Balaban J connectivity index is 2.08. The highest BCUT2D eigenvalue weighted by molar-refractivity contribution is 7.88. The smallest absolute Gasteiger partial charge is 0.255 e. The number of sulfonamides is 1. The van der Waals surface area contributed by atoms with Gasteiger partial charge in [-0.1, -0.05) is 20.8 Å². The van der Waals surface area contributed by atoms with Gasteiger partial charge >= 0.3 is 0 Å². The molecule has 0 bridgehead atoms. The van der Waals surface area contributed by atoms with Crippen LogP contribution in [0.4, 0.5) is 0 Å². The third kappa shape index (κ3) is 5.88. The number of H-pyrrole nitrogens is 1. The number of hydrogen-bond donors (Lipinski definition) is 1. The third-order valence-electron chi connectivity index (χ3n) is 6.35. The molecule has 1 aliphatic rings. The summed E-state index contributed by atoms with van der Waals surface area (Å²) in [6.45, 7) is 9.29. The van der Waals surface area contributed by atoms with Gasteiger partial charge < -0.3 is 14.6 Å². The molecule has 2 heterocycles. The molecule has 0 radical (unpaired) electrons. The van der Waals surface area contributed by atoms with E-state index in [9.17, 15) is 18.0 Å². The number of carbonyl (C=O) groups is 1. The normalized spacial score (nSPS) is 16.8. The second-order valence-corrected chi connectivity index (χ2v) is 12.0. The molecule has 1 saturated heterocycles. The SMILES string of the molecule is COc1cc(CN(CC2CCN(C(C)=O)C2)S(C)(=O)=O)c(-c2ccc[nH]c2=O)cc1C(C)(C)C. The molecule has 34 heavy (non-hydrogen) atoms. The summed E-state index contributed by atoms with van der Waals surface area (Å²) in [5, 5.41) is 0. The highest BCUT2D eigenvalue weighted by Gasteiger charge is 2.30. The summed E-state index contributed by atoms with van der Waals surface area (Å²) in [6, 6.07) is 7.27. The molecule has 8 nitrogen and oxygen atoms in total. The first-order chi connectivity index (χ1) is 15.8. The van der Waals surface area contributed by atoms with Crippen molar-refractivity contribution in [2.45, 2.75) is 46.1 Å². The summed E-state index contributed by atoms with van der Waals surface area (Å²) in [5.41, 5.74) is 2.27. The van der Waals surface area contributed by atoms with Gasteiger partial charge in [-0.25, -0.2) is 8.42 Å². The molecule has 3 rings (SSSR count). The average molecular weight is 490 g/mol. The fourth-order valence-corrected chi connectivity index (χ4v) is 5.31. The van der Waals surface area contributed by atoms with E-state index in [4.69, 9.17) is 4.74 Å². The Hall–Kier alpha value is -2.65. The molecule has 1 fully saturated rings. The molecule has 0 spiro atoms. The van der Waals surface area contributed by atoms with Crippen LogP contribution >= 0.6 is 0 Å². The second kappa shape index (κ2) is 9.92. The minimum atomic E-state index is -3.55. The first-order valence-corrected chi connectivity index (χ1v) is 13.3. The predicted molar refractivity (Wildman–Crippen MR) is 133 cm³/mol. The van der Waals surface area contributed by atoms with Crippen molar-refractivity contribution in [3.63, 3.8) is 0 Å². The van der Waals surface area contributed by atoms with E-state index in [-0.39, 0.29) is 29.3 Å². The highest BCUT2D eigenvalue weighted by Crippen LogP contribution is 2.37. The predicted octanol–water partition coefficient (Wildman–Crippen LogP) is 2.98. The van der Waals surface area contributed by atoms with Crippen LogP contribution in [-0.4, -0.2) is 61.5 Å². The van der Waals surface area contributed by atoms with Gasteiger partial charge in [0.2, 0.25) is 15.9 Å². The Labute approximate surface area is 202 Å². The minimum absolute atomic E-state index is 0.00139. The first kappa shape index (κ1) is 26.0. The largest absolute Gasteiger partial charge is 0.496 e. The average Bonchev–Trinajstić information content (AvgIpc) is 3.21. The Morgan fingerprint density at radius 2 is 1.97 bits per heavy atom. The second-order valence-electron chi connectivity index (χ2n) is 10.0. The lowest BCUT2D eigenvalue weighted by molar-refractivity contribution is -0.127. The Kier molecular flexibility index (Phi) is 7.57. The van der Waals surface area contributed by atoms with E-state index < -0.39 is 10.0 Å². The number of carbonyl (C=O) groups excluding carboxylic acids is 1. The summed E-state index contributed by atoms with van der Waals surface area (Å²) >= 11 is 0. The van der Waals surface area contributed by atoms with E-state index in [0.29, 0.717) is 42.1 Å². The summed E-state index contributed by atoms with van der Waals surface area (Å²) in [7, 11) is -1.96. The van der Waals surface area contributed by atoms with Crippen LogP contribution in [0.15, 0.2) is 35.3 Å². The van der Waals surface area contributed by atoms with Crippen molar-refractivity contribution in [3.05, 3.63) is 51.9 Å². The van der Waals surface area contributed by atoms with Crippen molar-refractivity contribution in [2.24, 2.45) is 5.92 Å². The zero-order valence-corrected chi connectivity index (χ0v) is 21.7. The van der Waals surface area contributed by atoms with Crippen molar-refractivity contribution in [1.29, 1.82) is 0 Å². The number of benzene rings is 1. The van der Waals surface area contributed by atoms with E-state index in [1.165, 1.54) is 17.5 Å². The topological polar surface area (TPSA) is 99.8 Å². The summed E-state index contributed by atoms with van der Waals surface area (Å²) < 4.78 is 32.7.